The van der Waals surface area contributed by atoms with Crippen LogP contribution in [0.25, 0.3) is 0 Å². The van der Waals surface area contributed by atoms with Gasteiger partial charge in [0.15, 0.2) is 17.3 Å². The molecule has 0 rings (SSSR count). The number of methoxy groups -OCH3 is 3. The lowest BCUT2D eigenvalue weighted by molar-refractivity contribution is -0.135. The van der Waals surface area contributed by atoms with Gasteiger partial charge in [-0.1, -0.05) is 206 Å². The van der Waals surface area contributed by atoms with Crippen molar-refractivity contribution >= 4 is 17.3 Å². The van der Waals surface area contributed by atoms with Gasteiger partial charge in [-0.2, -0.15) is 0 Å². The Hall–Kier alpha value is -1.75. The highest BCUT2D eigenvalue weighted by atomic mass is 16.6. The van der Waals surface area contributed by atoms with Gasteiger partial charge in [-0.15, -0.1) is 0 Å². The summed E-state index contributed by atoms with van der Waals surface area (Å²) in [7, 11) is 5.51. The molecule has 0 amide bonds. The van der Waals surface area contributed by atoms with E-state index in [0.717, 1.165) is 96.3 Å². The number of hydrogen-bond acceptors (Lipinski definition) is 9. The molecule has 0 heterocycles. The van der Waals surface area contributed by atoms with Crippen LogP contribution in [0.4, 0.5) is 0 Å². The molecule has 0 aromatic heterocycles. The maximum absolute atomic E-state index is 12.8. The summed E-state index contributed by atoms with van der Waals surface area (Å²) in [5, 5.41) is 0. The highest BCUT2D eigenvalue weighted by Crippen LogP contribution is 2.18. The molecule has 0 aliphatic rings. The van der Waals surface area contributed by atoms with Gasteiger partial charge in [-0.3, -0.25) is 14.4 Å². The van der Waals surface area contributed by atoms with Gasteiger partial charge in [0.1, 0.15) is 25.9 Å². The van der Waals surface area contributed by atoms with E-state index in [9.17, 15) is 14.4 Å². The minimum Gasteiger partial charge on any atom is -0.381 e. The zero-order valence-electron chi connectivity index (χ0n) is 48.3. The smallest absolute Gasteiger partial charge is 0.158 e. The van der Waals surface area contributed by atoms with Crippen LogP contribution in [0.3, 0.4) is 0 Å². The molecule has 424 valence electrons. The number of rotatable bonds is 60. The lowest BCUT2D eigenvalue weighted by Crippen LogP contribution is -2.30. The fourth-order valence-corrected chi connectivity index (χ4v) is 9.34. The van der Waals surface area contributed by atoms with Gasteiger partial charge in [-0.25, -0.2) is 0 Å². The maximum atomic E-state index is 12.8. The van der Waals surface area contributed by atoms with Crippen LogP contribution < -0.4 is 0 Å². The third kappa shape index (κ3) is 50.4. The lowest BCUT2D eigenvalue weighted by atomic mass is 10.0. The summed E-state index contributed by atoms with van der Waals surface area (Å²) < 4.78 is 34.7. The Morgan fingerprint density at radius 1 is 0.333 bits per heavy atom. The van der Waals surface area contributed by atoms with Crippen molar-refractivity contribution in [3.63, 3.8) is 0 Å². The molecule has 0 spiro atoms. The van der Waals surface area contributed by atoms with Crippen molar-refractivity contribution in [2.75, 3.05) is 54.4 Å². The van der Waals surface area contributed by atoms with Gasteiger partial charge in [0.2, 0.25) is 0 Å². The number of ether oxygens (including phenoxy) is 6. The summed E-state index contributed by atoms with van der Waals surface area (Å²) in [6.07, 6.45) is 55.6. The molecular weight excluding hydrogens is 901 g/mol. The van der Waals surface area contributed by atoms with Crippen LogP contribution in [0.1, 0.15) is 284 Å². The van der Waals surface area contributed by atoms with E-state index in [1.54, 1.807) is 0 Å². The molecular formula is C63H118O9. The van der Waals surface area contributed by atoms with Gasteiger partial charge in [0.25, 0.3) is 0 Å². The van der Waals surface area contributed by atoms with Gasteiger partial charge >= 0.3 is 0 Å². The predicted molar refractivity (Wildman–Crippen MR) is 303 cm³/mol. The number of Topliss-reactive ketones (excluding diaryl/α,β-unsaturated/α-hetero) is 3. The van der Waals surface area contributed by atoms with E-state index in [0.29, 0.717) is 37.6 Å². The number of hydrogen-bond donors (Lipinski definition) is 0. The molecule has 0 aliphatic heterocycles. The highest BCUT2D eigenvalue weighted by molar-refractivity contribution is 5.80. The van der Waals surface area contributed by atoms with E-state index < -0.39 is 6.10 Å². The van der Waals surface area contributed by atoms with E-state index >= 15 is 0 Å². The first-order valence-electron chi connectivity index (χ1n) is 30.5. The zero-order valence-corrected chi connectivity index (χ0v) is 48.3. The Labute approximate surface area is 445 Å². The minimum atomic E-state index is -0.518. The average Bonchev–Trinajstić information content (AvgIpc) is 3.38. The summed E-state index contributed by atoms with van der Waals surface area (Å²) in [6, 6.07) is 0. The van der Waals surface area contributed by atoms with E-state index in [2.05, 4.69) is 45.1 Å². The highest BCUT2D eigenvalue weighted by Gasteiger charge is 2.16. The molecule has 3 unspecified atom stereocenters. The average molecular weight is 1020 g/mol. The Morgan fingerprint density at radius 3 is 1.00 bits per heavy atom. The minimum absolute atomic E-state index is 0.00840. The second kappa shape index (κ2) is 57.0. The fourth-order valence-electron chi connectivity index (χ4n) is 9.34. The molecule has 72 heavy (non-hydrogen) atoms. The summed E-state index contributed by atoms with van der Waals surface area (Å²) in [5.74, 6) is 0.237. The van der Waals surface area contributed by atoms with Crippen LogP contribution in [-0.2, 0) is 42.8 Å². The normalized spacial score (nSPS) is 13.6. The molecule has 9 heteroatoms. The largest absolute Gasteiger partial charge is 0.381 e. The van der Waals surface area contributed by atoms with Crippen LogP contribution in [-0.4, -0.2) is 96.1 Å². The number of ketones is 3. The van der Waals surface area contributed by atoms with Crippen LogP contribution in [0.2, 0.25) is 0 Å². The topological polar surface area (TPSA) is 107 Å². The predicted octanol–water partition coefficient (Wildman–Crippen LogP) is 17.3. The van der Waals surface area contributed by atoms with E-state index in [4.69, 9.17) is 28.4 Å². The van der Waals surface area contributed by atoms with Crippen molar-refractivity contribution in [3.05, 3.63) is 24.3 Å². The Morgan fingerprint density at radius 2 is 0.639 bits per heavy atom. The lowest BCUT2D eigenvalue weighted by Gasteiger charge is -2.18. The first-order valence-corrected chi connectivity index (χ1v) is 30.5. The maximum Gasteiger partial charge on any atom is 0.158 e. The Balaban J connectivity index is 4.53. The monoisotopic (exact) mass is 1020 g/mol. The third-order valence-corrected chi connectivity index (χ3v) is 14.3. The van der Waals surface area contributed by atoms with Crippen LogP contribution in [0.5, 0.6) is 0 Å². The second-order valence-corrected chi connectivity index (χ2v) is 21.1. The van der Waals surface area contributed by atoms with Crippen molar-refractivity contribution < 1.29 is 42.8 Å². The molecule has 9 nitrogen and oxygen atoms in total. The first-order chi connectivity index (χ1) is 35.3. The SMILES string of the molecule is CCCCCCC(C/C=C/CCCCCCCC(=O)COCC(COCC(=O)CCCCCCC/C=C/CC(CCCCCC)OC)OCC(=O)CCCCCCCCCCC(CCCCCC)OC)OC. The van der Waals surface area contributed by atoms with Crippen LogP contribution >= 0.6 is 0 Å². The second-order valence-electron chi connectivity index (χ2n) is 21.1. The van der Waals surface area contributed by atoms with Gasteiger partial charge in [0, 0.05) is 40.6 Å². The van der Waals surface area contributed by atoms with E-state index in [1.807, 2.05) is 21.3 Å². The van der Waals surface area contributed by atoms with Crippen LogP contribution in [0.15, 0.2) is 24.3 Å². The molecule has 0 saturated heterocycles. The van der Waals surface area contributed by atoms with Gasteiger partial charge < -0.3 is 28.4 Å². The van der Waals surface area contributed by atoms with Crippen molar-refractivity contribution in [2.24, 2.45) is 0 Å². The third-order valence-electron chi connectivity index (χ3n) is 14.3. The summed E-state index contributed by atoms with van der Waals surface area (Å²) >= 11 is 0. The van der Waals surface area contributed by atoms with E-state index in [-0.39, 0.29) is 50.4 Å². The standard InChI is InChI=1S/C63H118O9/c1-7-10-13-37-46-60(67-4)49-40-31-25-19-16-22-28-34-43-57(64)52-70-55-63(72-54-59(66)45-36-30-24-18-21-27-33-42-51-62(69-6)48-39-15-12-9-3)56-71-53-58(65)44-35-29-23-17-20-26-32-41-50-61(68-5)47-38-14-11-8-2/h31-32,40-41,60-63H,7-30,33-39,42-56H2,1-6H3/b40-31+,41-32+. The number of carbonyl (C=O) groups is 3. The molecule has 0 aromatic rings. The van der Waals surface area contributed by atoms with Crippen molar-refractivity contribution in [1.82, 2.24) is 0 Å². The molecule has 0 N–H and O–H groups in total. The molecule has 0 radical (unpaired) electrons. The summed E-state index contributed by atoms with van der Waals surface area (Å²) in [6.45, 7) is 7.08. The van der Waals surface area contributed by atoms with Crippen LogP contribution in [0, 0.1) is 0 Å². The van der Waals surface area contributed by atoms with Gasteiger partial charge in [-0.05, 0) is 83.5 Å². The van der Waals surface area contributed by atoms with Crippen molar-refractivity contribution in [1.29, 1.82) is 0 Å². The molecule has 0 aromatic carbocycles. The summed E-state index contributed by atoms with van der Waals surface area (Å²) in [5.41, 5.74) is 0. The Bertz CT molecular complexity index is 1160. The molecule has 0 saturated carbocycles. The first kappa shape index (κ1) is 70.2. The zero-order chi connectivity index (χ0) is 52.6. The molecule has 0 bridgehead atoms. The molecule has 0 aliphatic carbocycles. The van der Waals surface area contributed by atoms with Gasteiger partial charge in [0.05, 0.1) is 31.5 Å². The molecule has 3 atom stereocenters. The number of allylic oxidation sites excluding steroid dienone is 2. The number of unbranched alkanes of at least 4 members (excludes halogenated alkanes) is 26. The van der Waals surface area contributed by atoms with E-state index in [1.165, 1.54) is 148 Å². The fraction of sp³-hybridized carbons (Fsp3) is 0.889. The Kier molecular flexibility index (Phi) is 55.6. The molecule has 0 fully saturated rings. The van der Waals surface area contributed by atoms with Crippen molar-refractivity contribution in [2.45, 2.75) is 308 Å². The summed E-state index contributed by atoms with van der Waals surface area (Å²) in [4.78, 5) is 38.2. The van der Waals surface area contributed by atoms with Crippen molar-refractivity contribution in [3.8, 4) is 0 Å². The quantitative estimate of drug-likeness (QED) is 0.0435. The number of carbonyl (C=O) groups excluding carboxylic acids is 3.